The first-order valence-corrected chi connectivity index (χ1v) is 10.7. The standard InChI is InChI=1S/C25H27F2N5O2/c1-17(34)22-14-20(15-32(22)12-6-10-26)25(16-33,30-24(28)31(2)3)19-8-4-7-18(13-19)21-9-5-11-29-23(21)27/h4-5,7-9,11,13-16H,6,10,12H2,1-3H3,(H2,28,30). The highest BCUT2D eigenvalue weighted by Gasteiger charge is 2.37. The second-order valence-corrected chi connectivity index (χ2v) is 8.08. The van der Waals surface area contributed by atoms with Gasteiger partial charge < -0.3 is 15.2 Å². The molecule has 9 heteroatoms. The van der Waals surface area contributed by atoms with Crippen molar-refractivity contribution in [2.75, 3.05) is 20.8 Å². The topological polar surface area (TPSA) is 93.6 Å². The molecule has 0 radical (unpaired) electrons. The highest BCUT2D eigenvalue weighted by molar-refractivity contribution is 5.94. The van der Waals surface area contributed by atoms with Crippen LogP contribution in [0.5, 0.6) is 0 Å². The molecule has 0 spiro atoms. The third kappa shape index (κ3) is 4.88. The van der Waals surface area contributed by atoms with Crippen LogP contribution in [0.25, 0.3) is 11.1 Å². The number of ketones is 1. The van der Waals surface area contributed by atoms with Crippen molar-refractivity contribution in [1.29, 1.82) is 0 Å². The number of aromatic nitrogens is 2. The van der Waals surface area contributed by atoms with Crippen molar-refractivity contribution in [2.24, 2.45) is 10.7 Å². The predicted molar refractivity (Wildman–Crippen MR) is 127 cm³/mol. The molecule has 0 aliphatic rings. The summed E-state index contributed by atoms with van der Waals surface area (Å²) in [6, 6.07) is 11.5. The van der Waals surface area contributed by atoms with Gasteiger partial charge in [-0.05, 0) is 41.8 Å². The van der Waals surface area contributed by atoms with Crippen LogP contribution in [0, 0.1) is 5.95 Å². The van der Waals surface area contributed by atoms with Crippen LogP contribution in [0.15, 0.2) is 59.9 Å². The van der Waals surface area contributed by atoms with E-state index in [-0.39, 0.29) is 30.3 Å². The lowest BCUT2D eigenvalue weighted by Gasteiger charge is -2.26. The van der Waals surface area contributed by atoms with Gasteiger partial charge in [0.25, 0.3) is 0 Å². The zero-order valence-corrected chi connectivity index (χ0v) is 19.3. The van der Waals surface area contributed by atoms with Gasteiger partial charge in [-0.25, -0.2) is 9.98 Å². The number of aryl methyl sites for hydroxylation is 1. The smallest absolute Gasteiger partial charge is 0.220 e. The maximum Gasteiger partial charge on any atom is 0.220 e. The molecule has 34 heavy (non-hydrogen) atoms. The van der Waals surface area contributed by atoms with E-state index >= 15 is 0 Å². The average Bonchev–Trinajstić information content (AvgIpc) is 3.26. The Morgan fingerprint density at radius 3 is 2.62 bits per heavy atom. The summed E-state index contributed by atoms with van der Waals surface area (Å²) in [6.45, 7) is 1.11. The van der Waals surface area contributed by atoms with Gasteiger partial charge >= 0.3 is 0 Å². The Labute approximate surface area is 196 Å². The van der Waals surface area contributed by atoms with Gasteiger partial charge in [0.1, 0.15) is 0 Å². The number of nitrogens with two attached hydrogens (primary N) is 1. The van der Waals surface area contributed by atoms with Gasteiger partial charge in [0.2, 0.25) is 5.95 Å². The van der Waals surface area contributed by atoms with E-state index in [9.17, 15) is 18.4 Å². The van der Waals surface area contributed by atoms with Crippen molar-refractivity contribution in [1.82, 2.24) is 14.5 Å². The Bertz CT molecular complexity index is 1220. The van der Waals surface area contributed by atoms with Crippen molar-refractivity contribution in [3.05, 3.63) is 77.6 Å². The molecule has 0 aliphatic carbocycles. The normalized spacial score (nSPS) is 13.4. The molecular weight excluding hydrogens is 440 g/mol. The molecule has 178 valence electrons. The third-order valence-corrected chi connectivity index (χ3v) is 5.52. The quantitative estimate of drug-likeness (QED) is 0.171. The molecular formula is C25H27F2N5O2. The average molecular weight is 468 g/mol. The summed E-state index contributed by atoms with van der Waals surface area (Å²) in [5.41, 5.74) is 6.40. The van der Waals surface area contributed by atoms with E-state index in [0.29, 0.717) is 28.7 Å². The number of aldehydes is 1. The van der Waals surface area contributed by atoms with E-state index in [2.05, 4.69) is 9.98 Å². The van der Waals surface area contributed by atoms with Crippen LogP contribution >= 0.6 is 0 Å². The second-order valence-electron chi connectivity index (χ2n) is 8.08. The minimum absolute atomic E-state index is 0.0749. The van der Waals surface area contributed by atoms with E-state index in [4.69, 9.17) is 5.73 Å². The fraction of sp³-hybridized carbons (Fsp3) is 0.280. The molecule has 1 aromatic carbocycles. The van der Waals surface area contributed by atoms with Crippen LogP contribution in [0.3, 0.4) is 0 Å². The number of guanidine groups is 1. The van der Waals surface area contributed by atoms with Crippen molar-refractivity contribution < 1.29 is 18.4 Å². The maximum absolute atomic E-state index is 14.4. The summed E-state index contributed by atoms with van der Waals surface area (Å²) in [5, 5.41) is 0. The molecule has 2 heterocycles. The molecule has 3 rings (SSSR count). The number of hydrogen-bond donors (Lipinski definition) is 1. The minimum atomic E-state index is -1.63. The van der Waals surface area contributed by atoms with Gasteiger partial charge in [-0.3, -0.25) is 14.0 Å². The molecule has 0 fully saturated rings. The minimum Gasteiger partial charge on any atom is -0.370 e. The van der Waals surface area contributed by atoms with E-state index < -0.39 is 18.2 Å². The van der Waals surface area contributed by atoms with E-state index in [1.165, 1.54) is 13.1 Å². The number of nitrogens with zero attached hydrogens (tertiary/aromatic N) is 4. The Morgan fingerprint density at radius 1 is 1.24 bits per heavy atom. The molecule has 0 amide bonds. The number of hydrogen-bond acceptors (Lipinski definition) is 4. The first-order valence-electron chi connectivity index (χ1n) is 10.7. The summed E-state index contributed by atoms with van der Waals surface area (Å²) in [4.78, 5) is 34.9. The number of carbonyl (C=O) groups excluding carboxylic acids is 2. The summed E-state index contributed by atoms with van der Waals surface area (Å²) in [5.74, 6) is -0.810. The van der Waals surface area contributed by atoms with E-state index in [1.807, 2.05) is 0 Å². The van der Waals surface area contributed by atoms with Gasteiger partial charge in [0.05, 0.1) is 12.4 Å². The lowest BCUT2D eigenvalue weighted by Crippen LogP contribution is -2.37. The zero-order chi connectivity index (χ0) is 24.9. The first-order chi connectivity index (χ1) is 16.2. The fourth-order valence-corrected chi connectivity index (χ4v) is 3.70. The Morgan fingerprint density at radius 2 is 2.00 bits per heavy atom. The molecule has 0 bridgehead atoms. The first kappa shape index (κ1) is 24.8. The summed E-state index contributed by atoms with van der Waals surface area (Å²) < 4.78 is 28.8. The maximum atomic E-state index is 14.4. The van der Waals surface area contributed by atoms with Crippen LogP contribution in [0.1, 0.15) is 35.0 Å². The third-order valence-electron chi connectivity index (χ3n) is 5.52. The number of carbonyl (C=O) groups is 2. The lowest BCUT2D eigenvalue weighted by molar-refractivity contribution is -0.111. The largest absolute Gasteiger partial charge is 0.370 e. The zero-order valence-electron chi connectivity index (χ0n) is 19.3. The monoisotopic (exact) mass is 467 g/mol. The van der Waals surface area contributed by atoms with Gasteiger partial charge in [0, 0.05) is 51.1 Å². The van der Waals surface area contributed by atoms with E-state index in [0.717, 1.165) is 0 Å². The Hall–Kier alpha value is -3.88. The number of Topliss-reactive ketones (excluding diaryl/α,β-unsaturated/α-hetero) is 1. The summed E-state index contributed by atoms with van der Waals surface area (Å²) in [7, 11) is 3.37. The van der Waals surface area contributed by atoms with Crippen LogP contribution in [0.2, 0.25) is 0 Å². The summed E-state index contributed by atoms with van der Waals surface area (Å²) >= 11 is 0. The lowest BCUT2D eigenvalue weighted by atomic mass is 9.84. The van der Waals surface area contributed by atoms with Crippen molar-refractivity contribution in [3.8, 4) is 11.1 Å². The molecule has 0 saturated heterocycles. The Balaban J connectivity index is 2.28. The number of aliphatic imine (C=N–C) groups is 1. The number of benzene rings is 1. The van der Waals surface area contributed by atoms with Crippen molar-refractivity contribution in [2.45, 2.75) is 25.4 Å². The molecule has 1 atom stereocenters. The predicted octanol–water partition coefficient (Wildman–Crippen LogP) is 3.57. The number of pyridine rings is 1. The van der Waals surface area contributed by atoms with Gasteiger partial charge in [-0.2, -0.15) is 4.39 Å². The molecule has 0 saturated carbocycles. The van der Waals surface area contributed by atoms with Crippen LogP contribution in [-0.4, -0.2) is 53.2 Å². The van der Waals surface area contributed by atoms with Gasteiger partial charge in [-0.15, -0.1) is 0 Å². The highest BCUT2D eigenvalue weighted by Crippen LogP contribution is 2.36. The molecule has 3 aromatic rings. The van der Waals surface area contributed by atoms with Crippen LogP contribution in [0.4, 0.5) is 8.78 Å². The van der Waals surface area contributed by atoms with Crippen molar-refractivity contribution in [3.63, 3.8) is 0 Å². The van der Waals surface area contributed by atoms with Gasteiger partial charge in [-0.1, -0.05) is 18.2 Å². The highest BCUT2D eigenvalue weighted by atomic mass is 19.1. The Kier molecular flexibility index (Phi) is 7.55. The SMILES string of the molecule is CC(=O)c1cc(C(C=O)(N=C(N)N(C)C)c2cccc(-c3cccnc3F)c2)cn1CCCF. The molecule has 1 unspecified atom stereocenters. The molecule has 2 aromatic heterocycles. The fourth-order valence-electron chi connectivity index (χ4n) is 3.70. The molecule has 2 N–H and O–H groups in total. The molecule has 7 nitrogen and oxygen atoms in total. The van der Waals surface area contributed by atoms with Crippen LogP contribution in [-0.2, 0) is 16.9 Å². The molecule has 0 aliphatic heterocycles. The van der Waals surface area contributed by atoms with Crippen LogP contribution < -0.4 is 5.73 Å². The number of alkyl halides is 1. The van der Waals surface area contributed by atoms with E-state index in [1.54, 1.807) is 72.2 Å². The number of rotatable bonds is 9. The van der Waals surface area contributed by atoms with Crippen molar-refractivity contribution >= 4 is 18.0 Å². The van der Waals surface area contributed by atoms with Gasteiger partial charge in [0.15, 0.2) is 23.6 Å². The second kappa shape index (κ2) is 10.4. The number of halogens is 2. The summed E-state index contributed by atoms with van der Waals surface area (Å²) in [6.07, 6.45) is 3.82.